The van der Waals surface area contributed by atoms with Crippen molar-refractivity contribution in [2.75, 3.05) is 10.1 Å². The summed E-state index contributed by atoms with van der Waals surface area (Å²) in [5.41, 5.74) is 4.80. The van der Waals surface area contributed by atoms with Gasteiger partial charge in [0.2, 0.25) is 0 Å². The zero-order valence-corrected chi connectivity index (χ0v) is 17.6. The second-order valence-corrected chi connectivity index (χ2v) is 8.51. The molecule has 9 nitrogen and oxygen atoms in total. The van der Waals surface area contributed by atoms with Gasteiger partial charge in [-0.3, -0.25) is 20.3 Å². The molecule has 3 rings (SSSR count). The largest absolute Gasteiger partial charge is 0.508 e. The van der Waals surface area contributed by atoms with E-state index in [0.717, 1.165) is 17.2 Å². The molecule has 0 atom stereocenters. The lowest BCUT2D eigenvalue weighted by molar-refractivity contribution is -0.384. The molecular formula is C21H20N4O5S. The van der Waals surface area contributed by atoms with Crippen molar-refractivity contribution in [3.8, 4) is 5.75 Å². The average molecular weight is 440 g/mol. The summed E-state index contributed by atoms with van der Waals surface area (Å²) in [6.07, 6.45) is 1.37. The summed E-state index contributed by atoms with van der Waals surface area (Å²) in [5, 5.41) is 24.9. The Morgan fingerprint density at radius 3 is 2.45 bits per heavy atom. The van der Waals surface area contributed by atoms with Crippen LogP contribution in [0.15, 0.2) is 70.7 Å². The SMILES string of the molecule is Cc1ccc(NS(=O)(=O)c2ccc(N/N=C/c3cccc(O)c3)c([N+](=O)[O-])c2)c(C)c1. The molecule has 10 heteroatoms. The van der Waals surface area contributed by atoms with E-state index >= 15 is 0 Å². The second-order valence-electron chi connectivity index (χ2n) is 6.82. The Morgan fingerprint density at radius 2 is 1.77 bits per heavy atom. The first kappa shape index (κ1) is 21.8. The van der Waals surface area contributed by atoms with Gasteiger partial charge in [-0.1, -0.05) is 29.8 Å². The molecule has 0 aliphatic rings. The Labute approximate surface area is 179 Å². The van der Waals surface area contributed by atoms with E-state index in [9.17, 15) is 23.6 Å². The summed E-state index contributed by atoms with van der Waals surface area (Å²) in [6.45, 7) is 3.66. The number of hydrogen-bond acceptors (Lipinski definition) is 7. The number of aryl methyl sites for hydroxylation is 2. The van der Waals surface area contributed by atoms with Crippen LogP contribution >= 0.6 is 0 Å². The molecule has 0 bridgehead atoms. The summed E-state index contributed by atoms with van der Waals surface area (Å²) in [5.74, 6) is 0.0563. The Bertz CT molecular complexity index is 1270. The van der Waals surface area contributed by atoms with Crippen LogP contribution in [0.4, 0.5) is 17.1 Å². The van der Waals surface area contributed by atoms with Gasteiger partial charge in [0.1, 0.15) is 11.4 Å². The zero-order valence-electron chi connectivity index (χ0n) is 16.7. The fourth-order valence-corrected chi connectivity index (χ4v) is 3.99. The van der Waals surface area contributed by atoms with Crippen molar-refractivity contribution in [2.45, 2.75) is 18.7 Å². The van der Waals surface area contributed by atoms with Crippen molar-refractivity contribution in [1.82, 2.24) is 0 Å². The monoisotopic (exact) mass is 440 g/mol. The number of sulfonamides is 1. The standard InChI is InChI=1S/C21H20N4O5S/c1-14-6-8-19(15(2)10-14)24-31(29,30)18-7-9-20(21(12-18)25(27)28)23-22-13-16-4-3-5-17(26)11-16/h3-13,23-24,26H,1-2H3/b22-13+. The van der Waals surface area contributed by atoms with Gasteiger partial charge < -0.3 is 5.11 Å². The minimum Gasteiger partial charge on any atom is -0.508 e. The van der Waals surface area contributed by atoms with Crippen LogP contribution in [0.3, 0.4) is 0 Å². The number of benzene rings is 3. The minimum absolute atomic E-state index is 0.0202. The quantitative estimate of drug-likeness (QED) is 0.287. The molecule has 3 N–H and O–H groups in total. The molecule has 0 aromatic heterocycles. The number of phenolic OH excluding ortho intramolecular Hbond substituents is 1. The Morgan fingerprint density at radius 1 is 1.03 bits per heavy atom. The molecule has 3 aromatic carbocycles. The van der Waals surface area contributed by atoms with Crippen LogP contribution in [0.1, 0.15) is 16.7 Å². The van der Waals surface area contributed by atoms with Crippen molar-refractivity contribution in [3.05, 3.63) is 87.5 Å². The summed E-state index contributed by atoms with van der Waals surface area (Å²) in [4.78, 5) is 10.6. The van der Waals surface area contributed by atoms with Crippen LogP contribution in [0.2, 0.25) is 0 Å². The van der Waals surface area contributed by atoms with Crippen LogP contribution in [0.5, 0.6) is 5.75 Å². The topological polar surface area (TPSA) is 134 Å². The van der Waals surface area contributed by atoms with Crippen molar-refractivity contribution in [2.24, 2.45) is 5.10 Å². The number of nitrogens with one attached hydrogen (secondary N) is 2. The Kier molecular flexibility index (Phi) is 6.21. The highest BCUT2D eigenvalue weighted by molar-refractivity contribution is 7.92. The molecule has 0 spiro atoms. The fourth-order valence-electron chi connectivity index (χ4n) is 2.84. The lowest BCUT2D eigenvalue weighted by Gasteiger charge is -2.12. The van der Waals surface area contributed by atoms with Gasteiger partial charge in [-0.25, -0.2) is 8.42 Å². The molecule has 0 saturated heterocycles. The average Bonchev–Trinajstić information content (AvgIpc) is 2.70. The molecule has 0 aliphatic carbocycles. The molecule has 0 saturated carbocycles. The first-order valence-corrected chi connectivity index (χ1v) is 10.6. The van der Waals surface area contributed by atoms with Crippen LogP contribution in [0.25, 0.3) is 0 Å². The van der Waals surface area contributed by atoms with Crippen LogP contribution in [-0.4, -0.2) is 24.7 Å². The molecule has 3 aromatic rings. The Balaban J connectivity index is 1.86. The van der Waals surface area contributed by atoms with E-state index in [1.807, 2.05) is 13.0 Å². The number of hydrazone groups is 1. The van der Waals surface area contributed by atoms with Gasteiger partial charge in [0, 0.05) is 6.07 Å². The minimum atomic E-state index is -4.04. The van der Waals surface area contributed by atoms with E-state index in [4.69, 9.17) is 0 Å². The van der Waals surface area contributed by atoms with E-state index in [2.05, 4.69) is 15.2 Å². The predicted octanol–water partition coefficient (Wildman–Crippen LogP) is 4.16. The van der Waals surface area contributed by atoms with Gasteiger partial charge in [-0.05, 0) is 55.3 Å². The maximum atomic E-state index is 12.7. The maximum Gasteiger partial charge on any atom is 0.295 e. The first-order chi connectivity index (χ1) is 14.7. The molecular weight excluding hydrogens is 420 g/mol. The third-order valence-electron chi connectivity index (χ3n) is 4.37. The number of nitro benzene ring substituents is 1. The number of nitro groups is 1. The van der Waals surface area contributed by atoms with E-state index in [1.54, 1.807) is 31.2 Å². The molecule has 31 heavy (non-hydrogen) atoms. The lowest BCUT2D eigenvalue weighted by atomic mass is 10.1. The highest BCUT2D eigenvalue weighted by Crippen LogP contribution is 2.29. The first-order valence-electron chi connectivity index (χ1n) is 9.12. The van der Waals surface area contributed by atoms with Crippen molar-refractivity contribution in [1.29, 1.82) is 0 Å². The predicted molar refractivity (Wildman–Crippen MR) is 119 cm³/mol. The summed E-state index contributed by atoms with van der Waals surface area (Å²) in [6, 6.07) is 15.0. The van der Waals surface area contributed by atoms with E-state index < -0.39 is 20.6 Å². The number of phenols is 1. The summed E-state index contributed by atoms with van der Waals surface area (Å²) >= 11 is 0. The van der Waals surface area contributed by atoms with Crippen molar-refractivity contribution < 1.29 is 18.4 Å². The van der Waals surface area contributed by atoms with Gasteiger partial charge in [0.05, 0.1) is 21.7 Å². The number of anilines is 2. The molecule has 0 unspecified atom stereocenters. The van der Waals surface area contributed by atoms with Crippen LogP contribution < -0.4 is 10.1 Å². The fraction of sp³-hybridized carbons (Fsp3) is 0.0952. The van der Waals surface area contributed by atoms with Gasteiger partial charge in [0.25, 0.3) is 15.7 Å². The summed E-state index contributed by atoms with van der Waals surface area (Å²) < 4.78 is 28.0. The Hall–Kier alpha value is -3.92. The number of nitrogens with zero attached hydrogens (tertiary/aromatic N) is 2. The van der Waals surface area contributed by atoms with Gasteiger partial charge in [-0.15, -0.1) is 0 Å². The van der Waals surface area contributed by atoms with Crippen LogP contribution in [0, 0.1) is 24.0 Å². The smallest absolute Gasteiger partial charge is 0.295 e. The van der Waals surface area contributed by atoms with E-state index in [0.29, 0.717) is 11.3 Å². The third-order valence-corrected chi connectivity index (χ3v) is 5.73. The van der Waals surface area contributed by atoms with Gasteiger partial charge >= 0.3 is 0 Å². The lowest BCUT2D eigenvalue weighted by Crippen LogP contribution is -2.14. The normalized spacial score (nSPS) is 11.4. The molecule has 0 radical (unpaired) electrons. The molecule has 0 heterocycles. The molecule has 0 amide bonds. The molecule has 160 valence electrons. The van der Waals surface area contributed by atoms with Crippen LogP contribution in [-0.2, 0) is 10.0 Å². The van der Waals surface area contributed by atoms with E-state index in [-0.39, 0.29) is 16.3 Å². The van der Waals surface area contributed by atoms with E-state index in [1.165, 1.54) is 30.5 Å². The summed E-state index contributed by atoms with van der Waals surface area (Å²) in [7, 11) is -4.04. The third kappa shape index (κ3) is 5.37. The number of rotatable bonds is 7. The van der Waals surface area contributed by atoms with Crippen molar-refractivity contribution >= 4 is 33.3 Å². The highest BCUT2D eigenvalue weighted by Gasteiger charge is 2.22. The van der Waals surface area contributed by atoms with Gasteiger partial charge in [0.15, 0.2) is 0 Å². The highest BCUT2D eigenvalue weighted by atomic mass is 32.2. The molecule has 0 fully saturated rings. The molecule has 0 aliphatic heterocycles. The number of hydrogen-bond donors (Lipinski definition) is 3. The zero-order chi connectivity index (χ0) is 22.6. The van der Waals surface area contributed by atoms with Gasteiger partial charge in [-0.2, -0.15) is 5.10 Å². The van der Waals surface area contributed by atoms with Crippen molar-refractivity contribution in [3.63, 3.8) is 0 Å². The number of aromatic hydroxyl groups is 1. The second kappa shape index (κ2) is 8.84. The maximum absolute atomic E-state index is 12.7.